The normalized spacial score (nSPS) is 11.9. The Morgan fingerprint density at radius 2 is 1.40 bits per heavy atom. The van der Waals surface area contributed by atoms with Gasteiger partial charge in [0.1, 0.15) is 11.5 Å². The highest BCUT2D eigenvalue weighted by molar-refractivity contribution is 7.91. The summed E-state index contributed by atoms with van der Waals surface area (Å²) in [6, 6.07) is 8.07. The maximum absolute atomic E-state index is 12.3. The summed E-state index contributed by atoms with van der Waals surface area (Å²) >= 11 is 0. The third-order valence-electron chi connectivity index (χ3n) is 4.05. The second-order valence-electron chi connectivity index (χ2n) is 6.14. The summed E-state index contributed by atoms with van der Waals surface area (Å²) in [6.45, 7) is -0.926. The number of rotatable bonds is 11. The zero-order valence-electron chi connectivity index (χ0n) is 16.3. The Hall–Kier alpha value is -2.54. The van der Waals surface area contributed by atoms with Crippen molar-refractivity contribution < 1.29 is 36.2 Å². The van der Waals surface area contributed by atoms with Gasteiger partial charge in [0.05, 0.1) is 53.0 Å². The van der Waals surface area contributed by atoms with Crippen LogP contribution >= 0.6 is 0 Å². The van der Waals surface area contributed by atoms with Crippen LogP contribution < -0.4 is 20.9 Å². The number of aliphatic hydroxyl groups is 1. The van der Waals surface area contributed by atoms with E-state index in [1.165, 1.54) is 43.5 Å². The first-order chi connectivity index (χ1) is 14.1. The molecular weight excluding hydrogens is 436 g/mol. The second-order valence-corrected chi connectivity index (χ2v) is 10.4. The van der Waals surface area contributed by atoms with Gasteiger partial charge in [0.15, 0.2) is 26.5 Å². The fourth-order valence-corrected chi connectivity index (χ4v) is 4.66. The molecule has 0 atom stereocenters. The average molecular weight is 461 g/mol. The van der Waals surface area contributed by atoms with Gasteiger partial charge in [-0.1, -0.05) is 0 Å². The lowest BCUT2D eigenvalue weighted by Crippen LogP contribution is -2.15. The fourth-order valence-electron chi connectivity index (χ4n) is 2.45. The van der Waals surface area contributed by atoms with Crippen LogP contribution in [0.1, 0.15) is 0 Å². The quantitative estimate of drug-likeness (QED) is 0.243. The van der Waals surface area contributed by atoms with Crippen molar-refractivity contribution in [1.82, 2.24) is 0 Å². The summed E-state index contributed by atoms with van der Waals surface area (Å²) in [7, 11) is -5.81. The van der Waals surface area contributed by atoms with Crippen LogP contribution in [-0.4, -0.2) is 60.6 Å². The predicted molar refractivity (Wildman–Crippen MR) is 111 cm³/mol. The topological polar surface area (TPSA) is 168 Å². The zero-order chi connectivity index (χ0) is 22.4. The third kappa shape index (κ3) is 5.98. The largest absolute Gasteiger partial charge is 0.495 e. The van der Waals surface area contributed by atoms with E-state index in [1.54, 1.807) is 0 Å². The Morgan fingerprint density at radius 1 is 0.867 bits per heavy atom. The van der Waals surface area contributed by atoms with Gasteiger partial charge in [-0.3, -0.25) is 0 Å². The lowest BCUT2D eigenvalue weighted by atomic mass is 10.3. The van der Waals surface area contributed by atoms with Gasteiger partial charge < -0.3 is 30.8 Å². The maximum atomic E-state index is 12.3. The lowest BCUT2D eigenvalue weighted by Gasteiger charge is -2.11. The van der Waals surface area contributed by atoms with E-state index in [-0.39, 0.29) is 46.1 Å². The molecule has 0 aliphatic carbocycles. The molecule has 0 aliphatic heterocycles. The lowest BCUT2D eigenvalue weighted by molar-refractivity contribution is 0.0238. The van der Waals surface area contributed by atoms with Crippen molar-refractivity contribution in [3.63, 3.8) is 0 Å². The first-order valence-corrected chi connectivity index (χ1v) is 12.0. The van der Waals surface area contributed by atoms with Gasteiger partial charge >= 0.3 is 0 Å². The molecule has 30 heavy (non-hydrogen) atoms. The first-order valence-electron chi connectivity index (χ1n) is 8.70. The number of nitrogen functional groups attached to an aromatic ring is 2. The van der Waals surface area contributed by atoms with Crippen LogP contribution in [0.2, 0.25) is 0 Å². The highest BCUT2D eigenvalue weighted by atomic mass is 32.2. The number of anilines is 2. The van der Waals surface area contributed by atoms with Gasteiger partial charge in [0, 0.05) is 0 Å². The molecule has 0 heterocycles. The number of hydrogen-bond acceptors (Lipinski definition) is 10. The molecule has 0 saturated heterocycles. The molecular formula is C18H24N2O8S2. The minimum absolute atomic E-state index is 0.0350. The number of nitrogens with two attached hydrogens (primary N) is 2. The molecule has 0 saturated carbocycles. The van der Waals surface area contributed by atoms with Crippen LogP contribution in [-0.2, 0) is 24.4 Å². The molecule has 5 N–H and O–H groups in total. The SMILES string of the molecule is COc1ccc(S(=O)(=O)CCOCOc2ccc(S(=O)(=O)CCO)cc2N)cc1N. The van der Waals surface area contributed by atoms with Crippen LogP contribution in [0.4, 0.5) is 11.4 Å². The van der Waals surface area contributed by atoms with E-state index in [4.69, 9.17) is 30.8 Å². The van der Waals surface area contributed by atoms with E-state index in [0.29, 0.717) is 5.75 Å². The Morgan fingerprint density at radius 3 is 1.90 bits per heavy atom. The van der Waals surface area contributed by atoms with E-state index in [0.717, 1.165) is 0 Å². The summed E-state index contributed by atoms with van der Waals surface area (Å²) in [5.41, 5.74) is 11.8. The summed E-state index contributed by atoms with van der Waals surface area (Å²) in [6.07, 6.45) is 0. The van der Waals surface area contributed by atoms with E-state index in [2.05, 4.69) is 0 Å². The van der Waals surface area contributed by atoms with Gasteiger partial charge in [0.2, 0.25) is 0 Å². The van der Waals surface area contributed by atoms with E-state index < -0.39 is 32.0 Å². The fraction of sp³-hybridized carbons (Fsp3) is 0.333. The first kappa shape index (κ1) is 23.7. The van der Waals surface area contributed by atoms with Crippen molar-refractivity contribution >= 4 is 31.0 Å². The van der Waals surface area contributed by atoms with Crippen LogP contribution in [0.25, 0.3) is 0 Å². The number of aliphatic hydroxyl groups excluding tert-OH is 1. The molecule has 0 radical (unpaired) electrons. The molecule has 10 nitrogen and oxygen atoms in total. The molecule has 0 amide bonds. The summed E-state index contributed by atoms with van der Waals surface area (Å²) in [5, 5.41) is 8.81. The van der Waals surface area contributed by atoms with Crippen molar-refractivity contribution in [1.29, 1.82) is 0 Å². The molecule has 12 heteroatoms. The third-order valence-corrected chi connectivity index (χ3v) is 7.42. The van der Waals surface area contributed by atoms with Crippen LogP contribution in [0.15, 0.2) is 46.2 Å². The van der Waals surface area contributed by atoms with Crippen molar-refractivity contribution in [2.75, 3.05) is 50.1 Å². The number of sulfone groups is 2. The van der Waals surface area contributed by atoms with Gasteiger partial charge in [-0.15, -0.1) is 0 Å². The molecule has 0 unspecified atom stereocenters. The number of ether oxygens (including phenoxy) is 3. The highest BCUT2D eigenvalue weighted by Crippen LogP contribution is 2.26. The second kappa shape index (κ2) is 9.98. The molecule has 166 valence electrons. The highest BCUT2D eigenvalue weighted by Gasteiger charge is 2.17. The average Bonchev–Trinajstić information content (AvgIpc) is 2.68. The summed E-state index contributed by atoms with van der Waals surface area (Å²) < 4.78 is 64.0. The molecule has 2 aromatic rings. The van der Waals surface area contributed by atoms with Gasteiger partial charge in [0.25, 0.3) is 0 Å². The summed E-state index contributed by atoms with van der Waals surface area (Å²) in [4.78, 5) is 0.0152. The van der Waals surface area contributed by atoms with Crippen molar-refractivity contribution in [3.8, 4) is 11.5 Å². The Bertz CT molecular complexity index is 1090. The van der Waals surface area contributed by atoms with Gasteiger partial charge in [-0.25, -0.2) is 16.8 Å². The minimum atomic E-state index is -3.63. The predicted octanol–water partition coefficient (Wildman–Crippen LogP) is 0.452. The Kier molecular flexibility index (Phi) is 7.89. The standard InChI is InChI=1S/C18H24N2O8S2/c1-26-17-4-2-14(10-15(17)19)30(24,25)9-7-27-12-28-18-5-3-13(11-16(18)20)29(22,23)8-6-21/h2-5,10-11,21H,6-9,12,19-20H2,1H3. The Labute approximate surface area is 175 Å². The minimum Gasteiger partial charge on any atom is -0.495 e. The number of benzene rings is 2. The number of hydrogen-bond donors (Lipinski definition) is 3. The molecule has 0 aliphatic rings. The molecule has 0 fully saturated rings. The molecule has 2 rings (SSSR count). The molecule has 0 aromatic heterocycles. The van der Waals surface area contributed by atoms with Gasteiger partial charge in [-0.2, -0.15) is 0 Å². The van der Waals surface area contributed by atoms with Crippen molar-refractivity contribution in [3.05, 3.63) is 36.4 Å². The van der Waals surface area contributed by atoms with Crippen molar-refractivity contribution in [2.45, 2.75) is 9.79 Å². The molecule has 2 aromatic carbocycles. The maximum Gasteiger partial charge on any atom is 0.189 e. The van der Waals surface area contributed by atoms with Crippen LogP contribution in [0.5, 0.6) is 11.5 Å². The zero-order valence-corrected chi connectivity index (χ0v) is 17.9. The van der Waals surface area contributed by atoms with Crippen LogP contribution in [0, 0.1) is 0 Å². The van der Waals surface area contributed by atoms with E-state index in [1.807, 2.05) is 0 Å². The number of methoxy groups -OCH3 is 1. The van der Waals surface area contributed by atoms with Crippen LogP contribution in [0.3, 0.4) is 0 Å². The Balaban J connectivity index is 1.88. The monoisotopic (exact) mass is 460 g/mol. The summed E-state index contributed by atoms with van der Waals surface area (Å²) in [5.74, 6) is -0.143. The molecule has 0 bridgehead atoms. The van der Waals surface area contributed by atoms with Crippen molar-refractivity contribution in [2.24, 2.45) is 0 Å². The molecule has 0 spiro atoms. The smallest absolute Gasteiger partial charge is 0.189 e. The van der Waals surface area contributed by atoms with Gasteiger partial charge in [-0.05, 0) is 36.4 Å². The van der Waals surface area contributed by atoms with E-state index in [9.17, 15) is 16.8 Å². The van der Waals surface area contributed by atoms with E-state index >= 15 is 0 Å².